The monoisotopic (exact) mass is 287 g/mol. The van der Waals surface area contributed by atoms with Crippen LogP contribution in [0.15, 0.2) is 53.4 Å². The predicted octanol–water partition coefficient (Wildman–Crippen LogP) is 4.98. The summed E-state index contributed by atoms with van der Waals surface area (Å²) in [5.74, 6) is 0.954. The first-order chi connectivity index (χ1) is 9.74. The van der Waals surface area contributed by atoms with Crippen LogP contribution in [0.3, 0.4) is 0 Å². The minimum Gasteiger partial charge on any atom is -0.494 e. The highest BCUT2D eigenvalue weighted by atomic mass is 32.2. The Morgan fingerprint density at radius 1 is 1.10 bits per heavy atom. The van der Waals surface area contributed by atoms with E-state index in [9.17, 15) is 0 Å². The van der Waals surface area contributed by atoms with Gasteiger partial charge in [-0.15, -0.1) is 11.8 Å². The fraction of sp³-hybridized carbons (Fsp3) is 0.294. The standard InChI is InChI=1S/C17H21NOS/c1-4-19-17-8-6-5-7-16(17)13(2)18-14-9-11-15(20-3)12-10-14/h5-13,18H,4H2,1-3H3. The molecule has 0 amide bonds. The van der Waals surface area contributed by atoms with Crippen LogP contribution in [0, 0.1) is 0 Å². The van der Waals surface area contributed by atoms with Crippen molar-refractivity contribution in [2.75, 3.05) is 18.2 Å². The highest BCUT2D eigenvalue weighted by Gasteiger charge is 2.10. The van der Waals surface area contributed by atoms with Crippen LogP contribution in [0.1, 0.15) is 25.5 Å². The summed E-state index contributed by atoms with van der Waals surface area (Å²) in [6, 6.07) is 16.9. The van der Waals surface area contributed by atoms with Crippen LogP contribution < -0.4 is 10.1 Å². The van der Waals surface area contributed by atoms with Gasteiger partial charge in [0, 0.05) is 16.1 Å². The number of hydrogen-bond donors (Lipinski definition) is 1. The molecule has 0 radical (unpaired) electrons. The Labute approximate surface area is 125 Å². The molecule has 2 aromatic rings. The van der Waals surface area contributed by atoms with E-state index in [0.717, 1.165) is 11.4 Å². The topological polar surface area (TPSA) is 21.3 Å². The zero-order chi connectivity index (χ0) is 14.4. The number of para-hydroxylation sites is 1. The van der Waals surface area contributed by atoms with Gasteiger partial charge in [0.15, 0.2) is 0 Å². The third kappa shape index (κ3) is 3.70. The highest BCUT2D eigenvalue weighted by Crippen LogP contribution is 2.28. The van der Waals surface area contributed by atoms with E-state index < -0.39 is 0 Å². The van der Waals surface area contributed by atoms with E-state index in [1.807, 2.05) is 25.1 Å². The van der Waals surface area contributed by atoms with Gasteiger partial charge >= 0.3 is 0 Å². The molecule has 0 saturated carbocycles. The summed E-state index contributed by atoms with van der Waals surface area (Å²) in [5, 5.41) is 3.52. The first-order valence-electron chi connectivity index (χ1n) is 6.87. The van der Waals surface area contributed by atoms with Crippen molar-refractivity contribution in [1.29, 1.82) is 0 Å². The SMILES string of the molecule is CCOc1ccccc1C(C)Nc1ccc(SC)cc1. The second-order valence-electron chi connectivity index (χ2n) is 4.57. The fourth-order valence-electron chi connectivity index (χ4n) is 2.14. The molecule has 0 aliphatic heterocycles. The quantitative estimate of drug-likeness (QED) is 0.757. The van der Waals surface area contributed by atoms with Crippen molar-refractivity contribution in [2.45, 2.75) is 24.8 Å². The smallest absolute Gasteiger partial charge is 0.124 e. The molecule has 1 N–H and O–H groups in total. The van der Waals surface area contributed by atoms with Crippen molar-refractivity contribution in [3.8, 4) is 5.75 Å². The molecule has 1 unspecified atom stereocenters. The summed E-state index contributed by atoms with van der Waals surface area (Å²) in [6.07, 6.45) is 2.09. The summed E-state index contributed by atoms with van der Waals surface area (Å²) in [6.45, 7) is 4.85. The van der Waals surface area contributed by atoms with Crippen LogP contribution in [0.25, 0.3) is 0 Å². The third-order valence-corrected chi connectivity index (χ3v) is 3.90. The van der Waals surface area contributed by atoms with Crippen molar-refractivity contribution >= 4 is 17.4 Å². The second kappa shape index (κ2) is 7.25. The normalized spacial score (nSPS) is 11.9. The van der Waals surface area contributed by atoms with Gasteiger partial charge in [-0.1, -0.05) is 18.2 Å². The van der Waals surface area contributed by atoms with Crippen LogP contribution >= 0.6 is 11.8 Å². The maximum atomic E-state index is 5.69. The molecule has 2 aromatic carbocycles. The van der Waals surface area contributed by atoms with E-state index in [2.05, 4.69) is 48.8 Å². The lowest BCUT2D eigenvalue weighted by atomic mass is 10.1. The van der Waals surface area contributed by atoms with Crippen LogP contribution in [-0.4, -0.2) is 12.9 Å². The van der Waals surface area contributed by atoms with E-state index in [-0.39, 0.29) is 6.04 Å². The number of anilines is 1. The van der Waals surface area contributed by atoms with E-state index >= 15 is 0 Å². The van der Waals surface area contributed by atoms with Gasteiger partial charge in [-0.3, -0.25) is 0 Å². The lowest BCUT2D eigenvalue weighted by Gasteiger charge is -2.19. The van der Waals surface area contributed by atoms with Crippen LogP contribution in [0.4, 0.5) is 5.69 Å². The Morgan fingerprint density at radius 2 is 1.80 bits per heavy atom. The average molecular weight is 287 g/mol. The third-order valence-electron chi connectivity index (χ3n) is 3.16. The Bertz CT molecular complexity index is 539. The number of ether oxygens (including phenoxy) is 1. The van der Waals surface area contributed by atoms with Crippen molar-refractivity contribution in [3.63, 3.8) is 0 Å². The summed E-state index contributed by atoms with van der Waals surface area (Å²) < 4.78 is 5.69. The van der Waals surface area contributed by atoms with Gasteiger partial charge in [0.1, 0.15) is 5.75 Å². The predicted molar refractivity (Wildman–Crippen MR) is 87.9 cm³/mol. The first-order valence-corrected chi connectivity index (χ1v) is 8.09. The Morgan fingerprint density at radius 3 is 2.45 bits per heavy atom. The van der Waals surface area contributed by atoms with Gasteiger partial charge in [0.25, 0.3) is 0 Å². The molecule has 0 aromatic heterocycles. The zero-order valence-corrected chi connectivity index (χ0v) is 13.0. The molecule has 0 heterocycles. The zero-order valence-electron chi connectivity index (χ0n) is 12.2. The first kappa shape index (κ1) is 14.8. The van der Waals surface area contributed by atoms with Crippen molar-refractivity contribution < 1.29 is 4.74 Å². The van der Waals surface area contributed by atoms with Gasteiger partial charge in [-0.25, -0.2) is 0 Å². The van der Waals surface area contributed by atoms with Gasteiger partial charge in [0.05, 0.1) is 12.6 Å². The Kier molecular flexibility index (Phi) is 5.36. The van der Waals surface area contributed by atoms with E-state index in [0.29, 0.717) is 6.61 Å². The largest absolute Gasteiger partial charge is 0.494 e. The number of nitrogens with one attached hydrogen (secondary N) is 1. The molecule has 0 saturated heterocycles. The summed E-state index contributed by atoms with van der Waals surface area (Å²) in [7, 11) is 0. The molecular formula is C17H21NOS. The Hall–Kier alpha value is -1.61. The fourth-order valence-corrected chi connectivity index (χ4v) is 2.55. The number of hydrogen-bond acceptors (Lipinski definition) is 3. The minimum absolute atomic E-state index is 0.206. The van der Waals surface area contributed by atoms with E-state index in [4.69, 9.17) is 4.74 Å². The maximum absolute atomic E-state index is 5.69. The minimum atomic E-state index is 0.206. The molecule has 0 aliphatic carbocycles. The molecule has 0 spiro atoms. The molecule has 0 fully saturated rings. The molecule has 3 heteroatoms. The lowest BCUT2D eigenvalue weighted by molar-refractivity contribution is 0.335. The lowest BCUT2D eigenvalue weighted by Crippen LogP contribution is -2.08. The summed E-state index contributed by atoms with van der Waals surface area (Å²) in [4.78, 5) is 1.28. The van der Waals surface area contributed by atoms with Crippen molar-refractivity contribution in [3.05, 3.63) is 54.1 Å². The van der Waals surface area contributed by atoms with E-state index in [1.165, 1.54) is 10.5 Å². The maximum Gasteiger partial charge on any atom is 0.124 e. The molecule has 20 heavy (non-hydrogen) atoms. The summed E-state index contributed by atoms with van der Waals surface area (Å²) in [5.41, 5.74) is 2.31. The molecule has 2 nitrogen and oxygen atoms in total. The molecular weight excluding hydrogens is 266 g/mol. The molecule has 0 aliphatic rings. The second-order valence-corrected chi connectivity index (χ2v) is 5.45. The van der Waals surface area contributed by atoms with Gasteiger partial charge in [0.2, 0.25) is 0 Å². The molecule has 106 valence electrons. The van der Waals surface area contributed by atoms with E-state index in [1.54, 1.807) is 11.8 Å². The Balaban J connectivity index is 2.12. The van der Waals surface area contributed by atoms with Crippen molar-refractivity contribution in [1.82, 2.24) is 0 Å². The average Bonchev–Trinajstić information content (AvgIpc) is 2.49. The van der Waals surface area contributed by atoms with Gasteiger partial charge in [-0.2, -0.15) is 0 Å². The number of rotatable bonds is 6. The molecule has 1 atom stereocenters. The number of thioether (sulfide) groups is 1. The van der Waals surface area contributed by atoms with Crippen LogP contribution in [0.2, 0.25) is 0 Å². The van der Waals surface area contributed by atoms with Crippen LogP contribution in [0.5, 0.6) is 5.75 Å². The highest BCUT2D eigenvalue weighted by molar-refractivity contribution is 7.98. The van der Waals surface area contributed by atoms with Crippen LogP contribution in [-0.2, 0) is 0 Å². The van der Waals surface area contributed by atoms with Crippen molar-refractivity contribution in [2.24, 2.45) is 0 Å². The van der Waals surface area contributed by atoms with Gasteiger partial charge < -0.3 is 10.1 Å². The number of benzene rings is 2. The summed E-state index contributed by atoms with van der Waals surface area (Å²) >= 11 is 1.75. The van der Waals surface area contributed by atoms with Gasteiger partial charge in [-0.05, 0) is 50.4 Å². The molecule has 2 rings (SSSR count). The molecule has 0 bridgehead atoms.